The van der Waals surface area contributed by atoms with Gasteiger partial charge in [-0.2, -0.15) is 0 Å². The monoisotopic (exact) mass is 234 g/mol. The van der Waals surface area contributed by atoms with Crippen molar-refractivity contribution in [1.29, 1.82) is 0 Å². The Kier molecular flexibility index (Phi) is 4.54. The Bertz CT molecular complexity index is 328. The van der Waals surface area contributed by atoms with Gasteiger partial charge in [0.15, 0.2) is 0 Å². The molecule has 0 saturated carbocycles. The van der Waals surface area contributed by atoms with Crippen molar-refractivity contribution in [3.63, 3.8) is 0 Å². The maximum Gasteiger partial charge on any atom is 0.0717 e. The lowest BCUT2D eigenvalue weighted by molar-refractivity contribution is 0.0452. The lowest BCUT2D eigenvalue weighted by Crippen LogP contribution is -2.53. The Balaban J connectivity index is 1.90. The molecule has 3 nitrogen and oxygen atoms in total. The minimum Gasteiger partial charge on any atom is -0.391 e. The lowest BCUT2D eigenvalue weighted by Gasteiger charge is -2.36. The zero-order valence-electron chi connectivity index (χ0n) is 10.5. The number of aliphatic hydroxyl groups is 1. The summed E-state index contributed by atoms with van der Waals surface area (Å²) < 4.78 is 0. The summed E-state index contributed by atoms with van der Waals surface area (Å²) in [6, 6.07) is 10.7. The minimum absolute atomic E-state index is 0.193. The van der Waals surface area contributed by atoms with Gasteiger partial charge in [-0.05, 0) is 18.5 Å². The zero-order chi connectivity index (χ0) is 12.1. The van der Waals surface area contributed by atoms with Crippen LogP contribution >= 0.6 is 0 Å². The van der Waals surface area contributed by atoms with E-state index in [4.69, 9.17) is 0 Å². The number of likely N-dealkylation sites (tertiary alicyclic amines) is 1. The van der Waals surface area contributed by atoms with Crippen molar-refractivity contribution in [1.82, 2.24) is 10.2 Å². The summed E-state index contributed by atoms with van der Waals surface area (Å²) in [7, 11) is 0. The van der Waals surface area contributed by atoms with Crippen molar-refractivity contribution in [3.05, 3.63) is 35.9 Å². The Hall–Kier alpha value is -0.900. The van der Waals surface area contributed by atoms with Gasteiger partial charge in [-0.1, -0.05) is 37.3 Å². The van der Waals surface area contributed by atoms with Crippen LogP contribution < -0.4 is 5.32 Å². The van der Waals surface area contributed by atoms with Crippen LogP contribution in [-0.4, -0.2) is 41.8 Å². The lowest BCUT2D eigenvalue weighted by atomic mass is 10.0. The van der Waals surface area contributed by atoms with Crippen LogP contribution in [0.2, 0.25) is 0 Å². The van der Waals surface area contributed by atoms with Gasteiger partial charge in [-0.3, -0.25) is 4.90 Å². The molecule has 2 atom stereocenters. The molecule has 1 aliphatic rings. The SMILES string of the molecule is CCN[C@@H]1CN(Cc2ccccc2)CC[C@H]1O. The second-order valence-electron chi connectivity index (χ2n) is 4.74. The van der Waals surface area contributed by atoms with Gasteiger partial charge in [0.2, 0.25) is 0 Å². The van der Waals surface area contributed by atoms with Gasteiger partial charge in [0, 0.05) is 25.7 Å². The first kappa shape index (κ1) is 12.6. The molecule has 94 valence electrons. The van der Waals surface area contributed by atoms with Crippen LogP contribution in [-0.2, 0) is 6.54 Å². The Labute approximate surface area is 103 Å². The van der Waals surface area contributed by atoms with Crippen molar-refractivity contribution in [2.45, 2.75) is 32.0 Å². The summed E-state index contributed by atoms with van der Waals surface area (Å²) in [5.74, 6) is 0. The van der Waals surface area contributed by atoms with E-state index in [0.717, 1.165) is 32.6 Å². The summed E-state index contributed by atoms with van der Waals surface area (Å²) in [6.07, 6.45) is 0.673. The smallest absolute Gasteiger partial charge is 0.0717 e. The predicted molar refractivity (Wildman–Crippen MR) is 69.8 cm³/mol. The molecule has 1 aromatic carbocycles. The van der Waals surface area contributed by atoms with E-state index in [1.165, 1.54) is 5.56 Å². The van der Waals surface area contributed by atoms with E-state index in [1.54, 1.807) is 0 Å². The number of rotatable bonds is 4. The molecule has 2 N–H and O–H groups in total. The highest BCUT2D eigenvalue weighted by molar-refractivity contribution is 5.14. The summed E-state index contributed by atoms with van der Waals surface area (Å²) in [5.41, 5.74) is 1.35. The molecule has 0 aliphatic carbocycles. The second-order valence-corrected chi connectivity index (χ2v) is 4.74. The third-order valence-electron chi connectivity index (χ3n) is 3.38. The predicted octanol–water partition coefficient (Wildman–Crippen LogP) is 1.23. The molecule has 17 heavy (non-hydrogen) atoms. The molecule has 1 aromatic rings. The van der Waals surface area contributed by atoms with Crippen LogP contribution in [0.25, 0.3) is 0 Å². The first-order chi connectivity index (χ1) is 8.29. The molecule has 0 spiro atoms. The maximum atomic E-state index is 9.89. The molecule has 1 fully saturated rings. The van der Waals surface area contributed by atoms with Crippen molar-refractivity contribution >= 4 is 0 Å². The van der Waals surface area contributed by atoms with Gasteiger partial charge in [0.05, 0.1) is 6.10 Å². The average molecular weight is 234 g/mol. The van der Waals surface area contributed by atoms with Gasteiger partial charge < -0.3 is 10.4 Å². The summed E-state index contributed by atoms with van der Waals surface area (Å²) >= 11 is 0. The molecule has 1 saturated heterocycles. The van der Waals surface area contributed by atoms with E-state index >= 15 is 0 Å². The standard InChI is InChI=1S/C14H22N2O/c1-2-15-13-11-16(9-8-14(13)17)10-12-6-4-3-5-7-12/h3-7,13-15,17H,2,8-11H2,1H3/t13-,14-/m1/s1. The molecule has 0 amide bonds. The van der Waals surface area contributed by atoms with E-state index in [9.17, 15) is 5.11 Å². The number of hydrogen-bond donors (Lipinski definition) is 2. The topological polar surface area (TPSA) is 35.5 Å². The normalized spacial score (nSPS) is 26.0. The molecular weight excluding hydrogens is 212 g/mol. The number of nitrogens with one attached hydrogen (secondary N) is 1. The highest BCUT2D eigenvalue weighted by atomic mass is 16.3. The highest BCUT2D eigenvalue weighted by Crippen LogP contribution is 2.14. The quantitative estimate of drug-likeness (QED) is 0.822. The number of likely N-dealkylation sites (N-methyl/N-ethyl adjacent to an activating group) is 1. The van der Waals surface area contributed by atoms with Gasteiger partial charge in [-0.15, -0.1) is 0 Å². The summed E-state index contributed by atoms with van der Waals surface area (Å²) in [6.45, 7) is 5.90. The number of benzene rings is 1. The van der Waals surface area contributed by atoms with Crippen LogP contribution in [0.3, 0.4) is 0 Å². The van der Waals surface area contributed by atoms with Gasteiger partial charge in [0.1, 0.15) is 0 Å². The zero-order valence-corrected chi connectivity index (χ0v) is 10.5. The first-order valence-electron chi connectivity index (χ1n) is 6.47. The Morgan fingerprint density at radius 1 is 1.35 bits per heavy atom. The molecule has 0 radical (unpaired) electrons. The molecular formula is C14H22N2O. The largest absolute Gasteiger partial charge is 0.391 e. The Morgan fingerprint density at radius 3 is 2.82 bits per heavy atom. The van der Waals surface area contributed by atoms with E-state index in [0.29, 0.717) is 0 Å². The van der Waals surface area contributed by atoms with Crippen LogP contribution in [0.15, 0.2) is 30.3 Å². The Morgan fingerprint density at radius 2 is 2.12 bits per heavy atom. The number of nitrogens with zero attached hydrogens (tertiary/aromatic N) is 1. The highest BCUT2D eigenvalue weighted by Gasteiger charge is 2.26. The van der Waals surface area contributed by atoms with Crippen molar-refractivity contribution in [2.24, 2.45) is 0 Å². The maximum absolute atomic E-state index is 9.89. The van der Waals surface area contributed by atoms with Crippen LogP contribution in [0, 0.1) is 0 Å². The third kappa shape index (κ3) is 3.53. The number of piperidine rings is 1. The third-order valence-corrected chi connectivity index (χ3v) is 3.38. The van der Waals surface area contributed by atoms with E-state index in [-0.39, 0.29) is 12.1 Å². The van der Waals surface area contributed by atoms with E-state index < -0.39 is 0 Å². The molecule has 1 heterocycles. The molecule has 1 aliphatic heterocycles. The first-order valence-corrected chi connectivity index (χ1v) is 6.47. The minimum atomic E-state index is -0.193. The van der Waals surface area contributed by atoms with Gasteiger partial charge >= 0.3 is 0 Å². The second kappa shape index (κ2) is 6.15. The van der Waals surface area contributed by atoms with Crippen LogP contribution in [0.5, 0.6) is 0 Å². The van der Waals surface area contributed by atoms with Gasteiger partial charge in [0.25, 0.3) is 0 Å². The molecule has 2 rings (SSSR count). The fourth-order valence-electron chi connectivity index (χ4n) is 2.46. The fourth-order valence-corrected chi connectivity index (χ4v) is 2.46. The van der Waals surface area contributed by atoms with Crippen LogP contribution in [0.4, 0.5) is 0 Å². The number of hydrogen-bond acceptors (Lipinski definition) is 3. The van der Waals surface area contributed by atoms with Crippen molar-refractivity contribution in [2.75, 3.05) is 19.6 Å². The molecule has 0 aromatic heterocycles. The summed E-state index contributed by atoms with van der Waals surface area (Å²) in [5, 5.41) is 13.3. The van der Waals surface area contributed by atoms with E-state index in [1.807, 2.05) is 6.07 Å². The fraction of sp³-hybridized carbons (Fsp3) is 0.571. The van der Waals surface area contributed by atoms with E-state index in [2.05, 4.69) is 41.4 Å². The van der Waals surface area contributed by atoms with Gasteiger partial charge in [-0.25, -0.2) is 0 Å². The van der Waals surface area contributed by atoms with Crippen LogP contribution in [0.1, 0.15) is 18.9 Å². The molecule has 0 bridgehead atoms. The number of aliphatic hydroxyl groups excluding tert-OH is 1. The summed E-state index contributed by atoms with van der Waals surface area (Å²) in [4.78, 5) is 2.41. The van der Waals surface area contributed by atoms with Crippen molar-refractivity contribution in [3.8, 4) is 0 Å². The van der Waals surface area contributed by atoms with Crippen molar-refractivity contribution < 1.29 is 5.11 Å². The molecule has 0 unspecified atom stereocenters. The molecule has 3 heteroatoms. The average Bonchev–Trinajstić information content (AvgIpc) is 2.35.